The fourth-order valence-corrected chi connectivity index (χ4v) is 3.17. The smallest absolute Gasteiger partial charge is 0.346 e. The van der Waals surface area contributed by atoms with Gasteiger partial charge in [-0.25, -0.2) is 18.0 Å². The van der Waals surface area contributed by atoms with Crippen LogP contribution in [-0.2, 0) is 24.3 Å². The number of hydrogen-bond acceptors (Lipinski definition) is 6. The molecule has 2 aromatic rings. The van der Waals surface area contributed by atoms with Gasteiger partial charge in [0.2, 0.25) is 0 Å². The summed E-state index contributed by atoms with van der Waals surface area (Å²) in [4.78, 5) is 23.3. The van der Waals surface area contributed by atoms with E-state index in [1.165, 1.54) is 38.3 Å². The number of carbonyl (C=O) groups is 2. The number of methoxy groups -OCH3 is 1. The molecule has 0 amide bonds. The van der Waals surface area contributed by atoms with E-state index < -0.39 is 28.1 Å². The van der Waals surface area contributed by atoms with Crippen molar-refractivity contribution in [2.24, 2.45) is 0 Å². The number of anilines is 1. The van der Waals surface area contributed by atoms with Crippen molar-refractivity contribution < 1.29 is 27.5 Å². The van der Waals surface area contributed by atoms with Gasteiger partial charge in [0, 0.05) is 5.69 Å². The Morgan fingerprint density at radius 3 is 2.35 bits per heavy atom. The van der Waals surface area contributed by atoms with Crippen molar-refractivity contribution in [1.29, 1.82) is 0 Å². The minimum atomic E-state index is -3.88. The van der Waals surface area contributed by atoms with Crippen LogP contribution in [0, 0.1) is 6.92 Å². The van der Waals surface area contributed by atoms with E-state index in [1.807, 2.05) is 6.92 Å². The highest BCUT2D eigenvalue weighted by molar-refractivity contribution is 7.92. The quantitative estimate of drug-likeness (QED) is 0.777. The van der Waals surface area contributed by atoms with Gasteiger partial charge in [0.15, 0.2) is 6.10 Å². The van der Waals surface area contributed by atoms with Crippen LogP contribution in [0.1, 0.15) is 22.8 Å². The van der Waals surface area contributed by atoms with Crippen LogP contribution in [0.4, 0.5) is 5.69 Å². The molecular formula is C18H19NO6S. The molecule has 0 heterocycles. The van der Waals surface area contributed by atoms with Crippen molar-refractivity contribution in [1.82, 2.24) is 0 Å². The number of nitrogens with one attached hydrogen (secondary N) is 1. The number of hydrogen-bond donors (Lipinski definition) is 1. The van der Waals surface area contributed by atoms with Crippen LogP contribution in [0.15, 0.2) is 53.4 Å². The molecule has 2 aromatic carbocycles. The first-order chi connectivity index (χ1) is 12.2. The van der Waals surface area contributed by atoms with Crippen molar-refractivity contribution in [3.8, 4) is 0 Å². The van der Waals surface area contributed by atoms with Crippen molar-refractivity contribution in [2.75, 3.05) is 11.8 Å². The number of esters is 2. The van der Waals surface area contributed by atoms with Gasteiger partial charge in [-0.15, -0.1) is 0 Å². The predicted molar refractivity (Wildman–Crippen MR) is 95.3 cm³/mol. The molecule has 0 bridgehead atoms. The Morgan fingerprint density at radius 1 is 1.08 bits per heavy atom. The lowest BCUT2D eigenvalue weighted by molar-refractivity contribution is -0.149. The van der Waals surface area contributed by atoms with E-state index in [0.717, 1.165) is 5.56 Å². The van der Waals surface area contributed by atoms with Crippen molar-refractivity contribution in [3.63, 3.8) is 0 Å². The molecule has 0 aromatic heterocycles. The molecule has 0 radical (unpaired) electrons. The summed E-state index contributed by atoms with van der Waals surface area (Å²) in [5, 5.41) is 0. The van der Waals surface area contributed by atoms with Gasteiger partial charge in [-0.05, 0) is 44.2 Å². The van der Waals surface area contributed by atoms with E-state index in [9.17, 15) is 18.0 Å². The van der Waals surface area contributed by atoms with Crippen LogP contribution >= 0.6 is 0 Å². The fourth-order valence-electron chi connectivity index (χ4n) is 2.07. The van der Waals surface area contributed by atoms with Crippen LogP contribution in [0.2, 0.25) is 0 Å². The number of ether oxygens (including phenoxy) is 2. The summed E-state index contributed by atoms with van der Waals surface area (Å²) in [6.07, 6.45) is -1.10. The molecule has 0 aliphatic carbocycles. The second kappa shape index (κ2) is 8.01. The molecule has 0 aliphatic rings. The molecule has 138 valence electrons. The second-order valence-electron chi connectivity index (χ2n) is 5.57. The third kappa shape index (κ3) is 4.82. The number of sulfonamides is 1. The first-order valence-electron chi connectivity index (χ1n) is 7.71. The summed E-state index contributed by atoms with van der Waals surface area (Å²) in [6.45, 7) is 3.26. The second-order valence-corrected chi connectivity index (χ2v) is 7.25. The van der Waals surface area contributed by atoms with E-state index in [-0.39, 0.29) is 10.5 Å². The van der Waals surface area contributed by atoms with E-state index in [2.05, 4.69) is 9.46 Å². The summed E-state index contributed by atoms with van der Waals surface area (Å²) < 4.78 is 36.9. The van der Waals surface area contributed by atoms with E-state index in [4.69, 9.17) is 4.74 Å². The molecule has 0 saturated carbocycles. The van der Waals surface area contributed by atoms with Gasteiger partial charge in [-0.1, -0.05) is 23.8 Å². The van der Waals surface area contributed by atoms with Crippen molar-refractivity contribution in [3.05, 3.63) is 59.7 Å². The van der Waals surface area contributed by atoms with Crippen LogP contribution in [0.5, 0.6) is 0 Å². The standard InChI is InChI=1S/C18H19NO6S/c1-12-7-9-15(10-8-12)19-26(22,23)16-6-4-5-14(11-16)18(21)25-13(2)17(20)24-3/h4-11,13,19H,1-3H3/t13-/m1/s1. The average molecular weight is 377 g/mol. The maximum atomic E-state index is 12.5. The SMILES string of the molecule is COC(=O)[C@@H](C)OC(=O)c1cccc(S(=O)(=O)Nc2ccc(C)cc2)c1. The summed E-state index contributed by atoms with van der Waals surface area (Å²) >= 11 is 0. The zero-order valence-electron chi connectivity index (χ0n) is 14.6. The van der Waals surface area contributed by atoms with Gasteiger partial charge in [-0.2, -0.15) is 0 Å². The molecule has 0 unspecified atom stereocenters. The van der Waals surface area contributed by atoms with Crippen LogP contribution in [-0.4, -0.2) is 33.6 Å². The maximum absolute atomic E-state index is 12.5. The number of rotatable bonds is 6. The van der Waals surface area contributed by atoms with Gasteiger partial charge in [0.1, 0.15) is 0 Å². The summed E-state index contributed by atoms with van der Waals surface area (Å²) in [6, 6.07) is 12.2. The molecule has 0 fully saturated rings. The first-order valence-corrected chi connectivity index (χ1v) is 9.19. The lowest BCUT2D eigenvalue weighted by atomic mass is 10.2. The first kappa shape index (κ1) is 19.5. The molecule has 2 rings (SSSR count). The Morgan fingerprint density at radius 2 is 1.73 bits per heavy atom. The lowest BCUT2D eigenvalue weighted by Crippen LogP contribution is -2.25. The zero-order chi connectivity index (χ0) is 19.3. The Balaban J connectivity index is 2.20. The molecule has 0 saturated heterocycles. The van der Waals surface area contributed by atoms with E-state index in [1.54, 1.807) is 24.3 Å². The Labute approximate surface area is 152 Å². The third-order valence-electron chi connectivity index (χ3n) is 3.50. The van der Waals surface area contributed by atoms with Crippen LogP contribution < -0.4 is 4.72 Å². The molecule has 0 spiro atoms. The highest BCUT2D eigenvalue weighted by Crippen LogP contribution is 2.18. The Kier molecular flexibility index (Phi) is 5.99. The molecule has 1 N–H and O–H groups in total. The monoisotopic (exact) mass is 377 g/mol. The van der Waals surface area contributed by atoms with Gasteiger partial charge in [0.25, 0.3) is 10.0 Å². The topological polar surface area (TPSA) is 98.8 Å². The highest BCUT2D eigenvalue weighted by Gasteiger charge is 2.21. The summed E-state index contributed by atoms with van der Waals surface area (Å²) in [7, 11) is -2.70. The van der Waals surface area contributed by atoms with Gasteiger partial charge in [0.05, 0.1) is 17.6 Å². The minimum Gasteiger partial charge on any atom is -0.466 e. The Hall–Kier alpha value is -2.87. The van der Waals surface area contributed by atoms with E-state index in [0.29, 0.717) is 5.69 Å². The van der Waals surface area contributed by atoms with Crippen molar-refractivity contribution in [2.45, 2.75) is 24.8 Å². The molecule has 1 atom stereocenters. The van der Waals surface area contributed by atoms with Crippen LogP contribution in [0.3, 0.4) is 0 Å². The fraction of sp³-hybridized carbons (Fsp3) is 0.222. The van der Waals surface area contributed by atoms with E-state index >= 15 is 0 Å². The molecular weight excluding hydrogens is 358 g/mol. The predicted octanol–water partition coefficient (Wildman–Crippen LogP) is 2.51. The minimum absolute atomic E-state index is 0.00698. The molecule has 8 heteroatoms. The maximum Gasteiger partial charge on any atom is 0.346 e. The molecule has 0 aliphatic heterocycles. The number of aryl methyl sites for hydroxylation is 1. The molecule has 7 nitrogen and oxygen atoms in total. The van der Waals surface area contributed by atoms with Crippen LogP contribution in [0.25, 0.3) is 0 Å². The largest absolute Gasteiger partial charge is 0.466 e. The third-order valence-corrected chi connectivity index (χ3v) is 4.88. The van der Waals surface area contributed by atoms with Crippen molar-refractivity contribution >= 4 is 27.6 Å². The Bertz CT molecular complexity index is 906. The summed E-state index contributed by atoms with van der Waals surface area (Å²) in [5.74, 6) is -1.53. The number of carbonyl (C=O) groups excluding carboxylic acids is 2. The van der Waals surface area contributed by atoms with Gasteiger partial charge >= 0.3 is 11.9 Å². The number of benzene rings is 2. The van der Waals surface area contributed by atoms with Gasteiger partial charge < -0.3 is 9.47 Å². The highest BCUT2D eigenvalue weighted by atomic mass is 32.2. The lowest BCUT2D eigenvalue weighted by Gasteiger charge is -2.12. The normalized spacial score (nSPS) is 12.1. The summed E-state index contributed by atoms with van der Waals surface area (Å²) in [5.41, 5.74) is 1.41. The molecule has 26 heavy (non-hydrogen) atoms. The zero-order valence-corrected chi connectivity index (χ0v) is 15.4. The average Bonchev–Trinajstić information content (AvgIpc) is 2.62. The van der Waals surface area contributed by atoms with Gasteiger partial charge in [-0.3, -0.25) is 4.72 Å².